The molecule has 0 aliphatic rings. The van der Waals surface area contributed by atoms with Crippen molar-refractivity contribution in [2.24, 2.45) is 0 Å². The molecular weight excluding hydrogens is 613 g/mol. The Bertz CT molecular complexity index is 2800. The number of hydrogen-bond acceptors (Lipinski definition) is 4. The van der Waals surface area contributed by atoms with Crippen LogP contribution in [0.4, 0.5) is 0 Å². The topological polar surface area (TPSA) is 56.7 Å². The Morgan fingerprint density at radius 2 is 0.940 bits per heavy atom. The summed E-state index contributed by atoms with van der Waals surface area (Å²) in [5.41, 5.74) is 9.87. The maximum absolute atomic E-state index is 6.62. The van der Waals surface area contributed by atoms with E-state index in [-0.39, 0.29) is 0 Å². The van der Waals surface area contributed by atoms with Crippen molar-refractivity contribution in [2.45, 2.75) is 0 Å². The van der Waals surface area contributed by atoms with Crippen LogP contribution in [0.3, 0.4) is 0 Å². The van der Waals surface area contributed by atoms with Crippen LogP contribution < -0.4 is 0 Å². The summed E-state index contributed by atoms with van der Waals surface area (Å²) in [4.78, 5) is 15.3. The second kappa shape index (κ2) is 11.4. The van der Waals surface area contributed by atoms with Gasteiger partial charge in [0.05, 0.1) is 16.7 Å². The highest BCUT2D eigenvalue weighted by Crippen LogP contribution is 2.42. The zero-order chi connectivity index (χ0) is 33.0. The number of furan rings is 1. The van der Waals surface area contributed by atoms with Gasteiger partial charge in [0.2, 0.25) is 0 Å². The Morgan fingerprint density at radius 1 is 0.380 bits per heavy atom. The average molecular weight is 641 g/mol. The van der Waals surface area contributed by atoms with Crippen LogP contribution >= 0.6 is 0 Å². The van der Waals surface area contributed by atoms with E-state index in [0.29, 0.717) is 17.5 Å². The molecule has 0 radical (unpaired) electrons. The van der Waals surface area contributed by atoms with Crippen molar-refractivity contribution in [1.29, 1.82) is 0 Å². The van der Waals surface area contributed by atoms with E-state index in [1.165, 1.54) is 21.9 Å². The quantitative estimate of drug-likeness (QED) is 0.188. The van der Waals surface area contributed by atoms with Gasteiger partial charge in [0, 0.05) is 44.3 Å². The molecule has 0 aliphatic carbocycles. The van der Waals surface area contributed by atoms with Crippen molar-refractivity contribution in [2.75, 3.05) is 0 Å². The second-order valence-electron chi connectivity index (χ2n) is 12.4. The summed E-state index contributed by atoms with van der Waals surface area (Å²) in [7, 11) is 0. The minimum Gasteiger partial charge on any atom is -0.456 e. The van der Waals surface area contributed by atoms with Crippen LogP contribution in [-0.2, 0) is 0 Å². The van der Waals surface area contributed by atoms with Gasteiger partial charge in [-0.2, -0.15) is 0 Å². The maximum atomic E-state index is 6.62. The van der Waals surface area contributed by atoms with E-state index in [1.54, 1.807) is 0 Å². The lowest BCUT2D eigenvalue weighted by atomic mass is 9.99. The molecular formula is C45H28N4O. The van der Waals surface area contributed by atoms with Crippen molar-refractivity contribution in [3.05, 3.63) is 170 Å². The molecule has 0 amide bonds. The molecule has 0 unspecified atom stereocenters. The Balaban J connectivity index is 1.31. The van der Waals surface area contributed by atoms with E-state index in [9.17, 15) is 0 Å². The fraction of sp³-hybridized carbons (Fsp3) is 0. The molecule has 0 saturated carbocycles. The first-order chi connectivity index (χ1) is 24.8. The van der Waals surface area contributed by atoms with Gasteiger partial charge in [-0.05, 0) is 35.4 Å². The van der Waals surface area contributed by atoms with Gasteiger partial charge in [-0.1, -0.05) is 140 Å². The van der Waals surface area contributed by atoms with E-state index < -0.39 is 0 Å². The van der Waals surface area contributed by atoms with Gasteiger partial charge < -0.3 is 8.98 Å². The molecule has 0 atom stereocenters. The van der Waals surface area contributed by atoms with Crippen molar-refractivity contribution in [1.82, 2.24) is 19.5 Å². The van der Waals surface area contributed by atoms with E-state index >= 15 is 0 Å². The van der Waals surface area contributed by atoms with E-state index in [2.05, 4.69) is 95.6 Å². The molecule has 0 spiro atoms. The number of para-hydroxylation sites is 2. The first-order valence-electron chi connectivity index (χ1n) is 16.7. The van der Waals surface area contributed by atoms with E-state index in [4.69, 9.17) is 19.4 Å². The minimum absolute atomic E-state index is 0.585. The summed E-state index contributed by atoms with van der Waals surface area (Å²) in [5.74, 6) is 1.82. The highest BCUT2D eigenvalue weighted by atomic mass is 16.3. The number of fused-ring (bicyclic) bond motifs is 6. The molecule has 5 nitrogen and oxygen atoms in total. The molecule has 10 rings (SSSR count). The third-order valence-corrected chi connectivity index (χ3v) is 9.44. The van der Waals surface area contributed by atoms with Crippen LogP contribution in [0.25, 0.3) is 94.7 Å². The molecule has 0 N–H and O–H groups in total. The maximum Gasteiger partial charge on any atom is 0.164 e. The Labute approximate surface area is 287 Å². The monoisotopic (exact) mass is 640 g/mol. The first kappa shape index (κ1) is 28.2. The van der Waals surface area contributed by atoms with Gasteiger partial charge in [-0.15, -0.1) is 0 Å². The second-order valence-corrected chi connectivity index (χ2v) is 12.4. The summed E-state index contributed by atoms with van der Waals surface area (Å²) < 4.78 is 8.95. The fourth-order valence-corrected chi connectivity index (χ4v) is 7.23. The first-order valence-corrected chi connectivity index (χ1v) is 16.7. The van der Waals surface area contributed by atoms with Crippen LogP contribution in [-0.4, -0.2) is 19.5 Å². The van der Waals surface area contributed by atoms with Crippen LogP contribution in [0.15, 0.2) is 174 Å². The molecule has 5 heteroatoms. The molecule has 3 heterocycles. The Morgan fingerprint density at radius 3 is 1.64 bits per heavy atom. The molecule has 0 aliphatic heterocycles. The highest BCUT2D eigenvalue weighted by molar-refractivity contribution is 6.17. The Hall–Kier alpha value is -6.85. The summed E-state index contributed by atoms with van der Waals surface area (Å²) in [6, 6.07) is 58.5. The minimum atomic E-state index is 0.585. The van der Waals surface area contributed by atoms with Crippen LogP contribution in [0.5, 0.6) is 0 Å². The van der Waals surface area contributed by atoms with Gasteiger partial charge in [-0.3, -0.25) is 0 Å². The normalized spacial score (nSPS) is 11.6. The predicted octanol–water partition coefficient (Wildman–Crippen LogP) is 11.5. The number of aromatic nitrogens is 4. The van der Waals surface area contributed by atoms with Gasteiger partial charge in [0.25, 0.3) is 0 Å². The lowest BCUT2D eigenvalue weighted by molar-refractivity contribution is 0.668. The fourth-order valence-electron chi connectivity index (χ4n) is 7.23. The van der Waals surface area contributed by atoms with Gasteiger partial charge in [0.15, 0.2) is 17.5 Å². The van der Waals surface area contributed by atoms with Crippen molar-refractivity contribution in [3.8, 4) is 51.0 Å². The Kier molecular flexibility index (Phi) is 6.42. The summed E-state index contributed by atoms with van der Waals surface area (Å²) in [6.45, 7) is 0. The average Bonchev–Trinajstić information content (AvgIpc) is 3.74. The van der Waals surface area contributed by atoms with Gasteiger partial charge in [-0.25, -0.2) is 15.0 Å². The predicted molar refractivity (Wildman–Crippen MR) is 203 cm³/mol. The van der Waals surface area contributed by atoms with E-state index in [1.807, 2.05) is 78.9 Å². The molecule has 10 aromatic rings. The van der Waals surface area contributed by atoms with Gasteiger partial charge >= 0.3 is 0 Å². The third-order valence-electron chi connectivity index (χ3n) is 9.44. The van der Waals surface area contributed by atoms with E-state index in [0.717, 1.165) is 55.3 Å². The van der Waals surface area contributed by atoms with Crippen molar-refractivity contribution in [3.63, 3.8) is 0 Å². The smallest absolute Gasteiger partial charge is 0.164 e. The van der Waals surface area contributed by atoms with Gasteiger partial charge in [0.1, 0.15) is 11.2 Å². The summed E-state index contributed by atoms with van der Waals surface area (Å²) in [5, 5.41) is 4.38. The molecule has 0 fully saturated rings. The number of hydrogen-bond donors (Lipinski definition) is 0. The molecule has 234 valence electrons. The standard InChI is InChI=1S/C45H28N4O/c1-4-15-29(16-5-1)33-23-14-25-38-41(33)34-21-10-12-24-37(34)49(38)32-27-36(42-35-22-11-13-26-39(35)50-40(42)28-32)45-47-43(30-17-6-2-7-18-30)46-44(48-45)31-19-8-3-9-20-31/h1-28H. The third kappa shape index (κ3) is 4.52. The zero-order valence-corrected chi connectivity index (χ0v) is 26.9. The number of nitrogens with zero attached hydrogens (tertiary/aromatic N) is 4. The highest BCUT2D eigenvalue weighted by Gasteiger charge is 2.22. The van der Waals surface area contributed by atoms with Crippen LogP contribution in [0, 0.1) is 0 Å². The summed E-state index contributed by atoms with van der Waals surface area (Å²) >= 11 is 0. The lowest BCUT2D eigenvalue weighted by Crippen LogP contribution is -2.01. The molecule has 3 aromatic heterocycles. The molecule has 0 saturated heterocycles. The van der Waals surface area contributed by atoms with Crippen LogP contribution in [0.2, 0.25) is 0 Å². The summed E-state index contributed by atoms with van der Waals surface area (Å²) in [6.07, 6.45) is 0. The SMILES string of the molecule is c1ccc(-c2nc(-c3ccccc3)nc(-c3cc(-n4c5ccccc5c5c(-c6ccccc6)cccc54)cc4oc5ccccc5c34)n2)cc1. The number of rotatable bonds is 5. The van der Waals surface area contributed by atoms with Crippen molar-refractivity contribution >= 4 is 43.7 Å². The number of benzene rings is 7. The largest absolute Gasteiger partial charge is 0.456 e. The lowest BCUT2D eigenvalue weighted by Gasteiger charge is -2.13. The molecule has 50 heavy (non-hydrogen) atoms. The van der Waals surface area contributed by atoms with Crippen molar-refractivity contribution < 1.29 is 4.42 Å². The zero-order valence-electron chi connectivity index (χ0n) is 26.9. The molecule has 7 aromatic carbocycles. The molecule has 0 bridgehead atoms. The van der Waals surface area contributed by atoms with Crippen LogP contribution in [0.1, 0.15) is 0 Å².